The second-order valence-corrected chi connectivity index (χ2v) is 7.63. The van der Waals surface area contributed by atoms with E-state index in [0.717, 1.165) is 39.9 Å². The average Bonchev–Trinajstić information content (AvgIpc) is 2.71. The highest BCUT2D eigenvalue weighted by Gasteiger charge is 2.26. The summed E-state index contributed by atoms with van der Waals surface area (Å²) in [4.78, 5) is 21.0. The van der Waals surface area contributed by atoms with Gasteiger partial charge in [0.05, 0.1) is 22.3 Å². The first-order valence-electron chi connectivity index (χ1n) is 8.63. The van der Waals surface area contributed by atoms with Crippen molar-refractivity contribution >= 4 is 28.1 Å². The van der Waals surface area contributed by atoms with Crippen molar-refractivity contribution in [1.82, 2.24) is 13.9 Å². The first kappa shape index (κ1) is 15.6. The molecule has 1 aromatic rings. The van der Waals surface area contributed by atoms with E-state index in [9.17, 15) is 4.79 Å². The van der Waals surface area contributed by atoms with Crippen LogP contribution in [0.15, 0.2) is 23.4 Å². The SMILES string of the molecule is CN(C)c1c2ccnsc-2c2c(=O)n(C3CCCCCC3)cnc12. The molecule has 2 aliphatic carbocycles. The van der Waals surface area contributed by atoms with Crippen LogP contribution in [0.2, 0.25) is 0 Å². The van der Waals surface area contributed by atoms with E-state index < -0.39 is 0 Å². The van der Waals surface area contributed by atoms with Gasteiger partial charge < -0.3 is 4.90 Å². The van der Waals surface area contributed by atoms with Gasteiger partial charge >= 0.3 is 0 Å². The summed E-state index contributed by atoms with van der Waals surface area (Å²) in [6.07, 6.45) is 10.7. The highest BCUT2D eigenvalue weighted by atomic mass is 32.1. The zero-order valence-corrected chi connectivity index (χ0v) is 15.0. The molecule has 0 radical (unpaired) electrons. The van der Waals surface area contributed by atoms with Crippen LogP contribution in [-0.2, 0) is 0 Å². The minimum atomic E-state index is 0.0919. The quantitative estimate of drug-likeness (QED) is 0.662. The summed E-state index contributed by atoms with van der Waals surface area (Å²) in [5, 5.41) is 0.735. The molecular formula is C18H22N4OS. The molecule has 2 heterocycles. The normalized spacial score (nSPS) is 16.6. The van der Waals surface area contributed by atoms with Crippen molar-refractivity contribution in [3.05, 3.63) is 28.9 Å². The molecule has 1 saturated carbocycles. The molecule has 0 saturated heterocycles. The summed E-state index contributed by atoms with van der Waals surface area (Å²) in [6, 6.07) is 2.27. The van der Waals surface area contributed by atoms with Gasteiger partial charge in [-0.15, -0.1) is 0 Å². The van der Waals surface area contributed by atoms with E-state index in [0.29, 0.717) is 0 Å². The Morgan fingerprint density at radius 3 is 2.67 bits per heavy atom. The Bertz CT molecular complexity index is 890. The van der Waals surface area contributed by atoms with Crippen molar-refractivity contribution in [2.45, 2.75) is 44.6 Å². The highest BCUT2D eigenvalue weighted by molar-refractivity contribution is 7.10. The van der Waals surface area contributed by atoms with Crippen LogP contribution in [0.3, 0.4) is 0 Å². The number of fused-ring (bicyclic) bond motifs is 3. The van der Waals surface area contributed by atoms with E-state index in [1.54, 1.807) is 12.5 Å². The number of anilines is 1. The van der Waals surface area contributed by atoms with Crippen LogP contribution in [0, 0.1) is 0 Å². The summed E-state index contributed by atoms with van der Waals surface area (Å²) >= 11 is 1.39. The van der Waals surface area contributed by atoms with Crippen LogP contribution in [0.5, 0.6) is 0 Å². The maximum atomic E-state index is 13.3. The Labute approximate surface area is 145 Å². The van der Waals surface area contributed by atoms with E-state index in [1.807, 2.05) is 29.6 Å². The van der Waals surface area contributed by atoms with Gasteiger partial charge in [0.25, 0.3) is 5.56 Å². The molecule has 4 rings (SSSR count). The Kier molecular flexibility index (Phi) is 4.00. The van der Waals surface area contributed by atoms with E-state index in [1.165, 1.54) is 37.2 Å². The van der Waals surface area contributed by atoms with Gasteiger partial charge in [0.2, 0.25) is 0 Å². The summed E-state index contributed by atoms with van der Waals surface area (Å²) in [6.45, 7) is 0. The number of aromatic nitrogens is 3. The lowest BCUT2D eigenvalue weighted by Gasteiger charge is -2.17. The van der Waals surface area contributed by atoms with Crippen molar-refractivity contribution in [2.24, 2.45) is 0 Å². The zero-order chi connectivity index (χ0) is 16.7. The van der Waals surface area contributed by atoms with Crippen molar-refractivity contribution in [2.75, 3.05) is 19.0 Å². The smallest absolute Gasteiger partial charge is 0.263 e. The van der Waals surface area contributed by atoms with Crippen LogP contribution in [0.1, 0.15) is 44.6 Å². The average molecular weight is 342 g/mol. The molecule has 24 heavy (non-hydrogen) atoms. The molecule has 1 aromatic heterocycles. The monoisotopic (exact) mass is 342 g/mol. The third-order valence-electron chi connectivity index (χ3n) is 5.06. The van der Waals surface area contributed by atoms with Crippen LogP contribution in [-0.4, -0.2) is 28.0 Å². The van der Waals surface area contributed by atoms with E-state index in [4.69, 9.17) is 4.98 Å². The van der Waals surface area contributed by atoms with Crippen molar-refractivity contribution in [1.29, 1.82) is 0 Å². The van der Waals surface area contributed by atoms with Crippen LogP contribution < -0.4 is 10.5 Å². The molecule has 0 atom stereocenters. The van der Waals surface area contributed by atoms with Gasteiger partial charge in [0, 0.05) is 31.9 Å². The largest absolute Gasteiger partial charge is 0.375 e. The first-order chi connectivity index (χ1) is 11.7. The Hall–Kier alpha value is -1.95. The molecule has 5 nitrogen and oxygen atoms in total. The highest BCUT2D eigenvalue weighted by Crippen LogP contribution is 2.43. The fourth-order valence-electron chi connectivity index (χ4n) is 3.91. The van der Waals surface area contributed by atoms with E-state index >= 15 is 0 Å². The van der Waals surface area contributed by atoms with Gasteiger partial charge in [-0.2, -0.15) is 0 Å². The molecule has 3 aliphatic rings. The third kappa shape index (κ3) is 2.40. The lowest BCUT2D eigenvalue weighted by molar-refractivity contribution is 0.430. The van der Waals surface area contributed by atoms with Gasteiger partial charge in [0.15, 0.2) is 0 Å². The number of hydrogen-bond donors (Lipinski definition) is 0. The number of hydrogen-bond acceptors (Lipinski definition) is 5. The molecule has 0 N–H and O–H groups in total. The van der Waals surface area contributed by atoms with Crippen LogP contribution in [0.4, 0.5) is 5.69 Å². The number of nitrogens with zero attached hydrogens (tertiary/aromatic N) is 4. The Balaban J connectivity index is 1.96. The summed E-state index contributed by atoms with van der Waals surface area (Å²) in [7, 11) is 4.00. The molecule has 126 valence electrons. The maximum absolute atomic E-state index is 13.3. The van der Waals surface area contributed by atoms with E-state index in [-0.39, 0.29) is 11.6 Å². The van der Waals surface area contributed by atoms with Gasteiger partial charge in [0.1, 0.15) is 5.52 Å². The minimum Gasteiger partial charge on any atom is -0.375 e. The summed E-state index contributed by atoms with van der Waals surface area (Å²) in [5.41, 5.74) is 2.98. The summed E-state index contributed by atoms with van der Waals surface area (Å²) < 4.78 is 6.16. The molecule has 0 bridgehead atoms. The fourth-order valence-corrected chi connectivity index (χ4v) is 4.67. The second-order valence-electron chi connectivity index (χ2n) is 6.82. The molecule has 0 aromatic carbocycles. The van der Waals surface area contributed by atoms with E-state index in [2.05, 4.69) is 4.37 Å². The predicted molar refractivity (Wildman–Crippen MR) is 99.4 cm³/mol. The topological polar surface area (TPSA) is 51.0 Å². The van der Waals surface area contributed by atoms with Gasteiger partial charge in [-0.05, 0) is 30.4 Å². The maximum Gasteiger partial charge on any atom is 0.263 e. The van der Waals surface area contributed by atoms with Crippen molar-refractivity contribution in [3.8, 4) is 10.4 Å². The van der Waals surface area contributed by atoms with Crippen LogP contribution >= 0.6 is 11.5 Å². The van der Waals surface area contributed by atoms with Gasteiger partial charge in [-0.1, -0.05) is 25.7 Å². The fraction of sp³-hybridized carbons (Fsp3) is 0.500. The number of rotatable bonds is 2. The molecule has 6 heteroatoms. The molecule has 1 aliphatic heterocycles. The molecule has 0 amide bonds. The van der Waals surface area contributed by atoms with Gasteiger partial charge in [-0.3, -0.25) is 9.36 Å². The zero-order valence-electron chi connectivity index (χ0n) is 14.2. The second kappa shape index (κ2) is 6.16. The van der Waals surface area contributed by atoms with Crippen LogP contribution in [0.25, 0.3) is 21.3 Å². The third-order valence-corrected chi connectivity index (χ3v) is 5.89. The molecule has 0 unspecified atom stereocenters. The first-order valence-corrected chi connectivity index (χ1v) is 9.40. The summed E-state index contributed by atoms with van der Waals surface area (Å²) in [5.74, 6) is 0. The van der Waals surface area contributed by atoms with Crippen molar-refractivity contribution < 1.29 is 0 Å². The molecular weight excluding hydrogens is 320 g/mol. The minimum absolute atomic E-state index is 0.0919. The Morgan fingerprint density at radius 2 is 1.96 bits per heavy atom. The standard InChI is InChI=1S/C18H22N4OS/c1-21(2)16-13-9-10-20-24-17(13)14-15(16)19-11-22(18(14)23)12-7-5-3-4-6-8-12/h9-12H,3-8H2,1-2H3. The lowest BCUT2D eigenvalue weighted by Crippen LogP contribution is -2.25. The van der Waals surface area contributed by atoms with Gasteiger partial charge in [-0.25, -0.2) is 9.36 Å². The predicted octanol–water partition coefficient (Wildman–Crippen LogP) is 3.92. The molecule has 1 fully saturated rings. The molecule has 0 spiro atoms. The Morgan fingerprint density at radius 1 is 1.21 bits per heavy atom. The van der Waals surface area contributed by atoms with Crippen molar-refractivity contribution in [3.63, 3.8) is 0 Å². The lowest BCUT2D eigenvalue weighted by atomic mass is 10.1.